The molecule has 0 radical (unpaired) electrons. The Kier molecular flexibility index (Phi) is 6.12. The fourth-order valence-electron chi connectivity index (χ4n) is 4.98. The highest BCUT2D eigenvalue weighted by atomic mass is 19.4. The predicted octanol–water partition coefficient (Wildman–Crippen LogP) is 6.70. The zero-order valence-corrected chi connectivity index (χ0v) is 19.8. The van der Waals surface area contributed by atoms with Crippen molar-refractivity contribution in [3.05, 3.63) is 94.7 Å². The number of hydrogen-bond donors (Lipinski definition) is 2. The Labute approximate surface area is 206 Å². The number of carbonyl (C=O) groups is 1. The van der Waals surface area contributed by atoms with E-state index in [1.54, 1.807) is 20.3 Å². The van der Waals surface area contributed by atoms with Crippen molar-refractivity contribution in [1.29, 1.82) is 0 Å². The van der Waals surface area contributed by atoms with E-state index in [9.17, 15) is 18.0 Å². The Bertz CT molecular complexity index is 1350. The molecular formula is C28H25F3N2O3. The van der Waals surface area contributed by atoms with Crippen LogP contribution in [0.5, 0.6) is 11.5 Å². The molecule has 0 aromatic heterocycles. The molecule has 2 atom stereocenters. The van der Waals surface area contributed by atoms with E-state index in [2.05, 4.69) is 10.6 Å². The van der Waals surface area contributed by atoms with E-state index in [4.69, 9.17) is 9.47 Å². The van der Waals surface area contributed by atoms with Crippen molar-refractivity contribution in [1.82, 2.24) is 0 Å². The van der Waals surface area contributed by atoms with Crippen molar-refractivity contribution < 1.29 is 27.4 Å². The third-order valence-corrected chi connectivity index (χ3v) is 6.74. The molecule has 1 aliphatic heterocycles. The zero-order valence-electron chi connectivity index (χ0n) is 19.8. The van der Waals surface area contributed by atoms with Crippen LogP contribution in [0.4, 0.5) is 24.5 Å². The number of benzene rings is 3. The number of carbonyl (C=O) groups excluding carboxylic acids is 1. The first-order chi connectivity index (χ1) is 17.3. The van der Waals surface area contributed by atoms with E-state index in [1.165, 1.54) is 6.07 Å². The molecule has 3 aromatic rings. The van der Waals surface area contributed by atoms with Gasteiger partial charge in [-0.3, -0.25) is 4.79 Å². The Hall–Kier alpha value is -3.94. The topological polar surface area (TPSA) is 59.6 Å². The summed E-state index contributed by atoms with van der Waals surface area (Å²) in [5.74, 6) is 0.922. The van der Waals surface area contributed by atoms with Gasteiger partial charge in [0.1, 0.15) is 0 Å². The number of fused-ring (bicyclic) bond motifs is 1. The Morgan fingerprint density at radius 1 is 0.833 bits per heavy atom. The largest absolute Gasteiger partial charge is 0.493 e. The molecule has 0 fully saturated rings. The fourth-order valence-corrected chi connectivity index (χ4v) is 4.98. The number of alkyl halides is 3. The number of hydrogen-bond acceptors (Lipinski definition) is 5. The molecule has 5 rings (SSSR count). The van der Waals surface area contributed by atoms with Crippen LogP contribution in [0.3, 0.4) is 0 Å². The van der Waals surface area contributed by atoms with Crippen molar-refractivity contribution in [2.45, 2.75) is 31.0 Å². The lowest BCUT2D eigenvalue weighted by molar-refractivity contribution is -0.137. The summed E-state index contributed by atoms with van der Waals surface area (Å²) in [6.07, 6.45) is -3.74. The molecule has 5 nitrogen and oxygen atoms in total. The number of rotatable bonds is 4. The third kappa shape index (κ3) is 4.39. The molecule has 3 aromatic carbocycles. The summed E-state index contributed by atoms with van der Waals surface area (Å²) in [4.78, 5) is 13.6. The number of para-hydroxylation sites is 2. The van der Waals surface area contributed by atoms with Gasteiger partial charge < -0.3 is 20.1 Å². The number of ketones is 1. The molecule has 1 aliphatic carbocycles. The zero-order chi connectivity index (χ0) is 25.4. The molecule has 1 heterocycles. The lowest BCUT2D eigenvalue weighted by Gasteiger charge is -2.30. The summed E-state index contributed by atoms with van der Waals surface area (Å²) in [6, 6.07) is 17.5. The molecule has 0 saturated heterocycles. The molecule has 2 N–H and O–H groups in total. The fraction of sp³-hybridized carbons (Fsp3) is 0.250. The second kappa shape index (κ2) is 9.26. The van der Waals surface area contributed by atoms with Crippen LogP contribution in [-0.4, -0.2) is 20.0 Å². The summed E-state index contributed by atoms with van der Waals surface area (Å²) in [5.41, 5.74) is 3.20. The van der Waals surface area contributed by atoms with Gasteiger partial charge in [0, 0.05) is 17.7 Å². The third-order valence-electron chi connectivity index (χ3n) is 6.74. The lowest BCUT2D eigenvalue weighted by Crippen LogP contribution is -2.27. The minimum Gasteiger partial charge on any atom is -0.493 e. The van der Waals surface area contributed by atoms with Gasteiger partial charge in [-0.15, -0.1) is 0 Å². The van der Waals surface area contributed by atoms with Crippen LogP contribution in [0.15, 0.2) is 78.0 Å². The summed E-state index contributed by atoms with van der Waals surface area (Å²) < 4.78 is 51.2. The molecule has 2 aliphatic rings. The second-order valence-electron chi connectivity index (χ2n) is 8.91. The van der Waals surface area contributed by atoms with Gasteiger partial charge in [-0.2, -0.15) is 13.2 Å². The van der Waals surface area contributed by atoms with Crippen LogP contribution < -0.4 is 20.1 Å². The minimum atomic E-state index is -4.48. The Morgan fingerprint density at radius 2 is 1.58 bits per heavy atom. The SMILES string of the molecule is COc1ccc([C@H]2CC(=O)C3=C(C2)Nc2ccccc2N[C@H]3c2cccc(C(F)(F)F)c2)cc1OC. The maximum absolute atomic E-state index is 13.6. The number of Topliss-reactive ketones (excluding diaryl/α,β-unsaturated/α-hetero) is 1. The van der Waals surface area contributed by atoms with Gasteiger partial charge in [-0.1, -0.05) is 30.3 Å². The van der Waals surface area contributed by atoms with Gasteiger partial charge in [0.2, 0.25) is 0 Å². The molecule has 0 amide bonds. The van der Waals surface area contributed by atoms with E-state index in [0.29, 0.717) is 40.4 Å². The van der Waals surface area contributed by atoms with Crippen molar-refractivity contribution in [2.24, 2.45) is 0 Å². The summed E-state index contributed by atoms with van der Waals surface area (Å²) >= 11 is 0. The first-order valence-corrected chi connectivity index (χ1v) is 11.6. The Morgan fingerprint density at radius 3 is 2.31 bits per heavy atom. The molecule has 0 spiro atoms. The predicted molar refractivity (Wildman–Crippen MR) is 131 cm³/mol. The molecule has 186 valence electrons. The first-order valence-electron chi connectivity index (χ1n) is 11.6. The number of ether oxygens (including phenoxy) is 2. The number of halogens is 3. The minimum absolute atomic E-state index is 0.119. The van der Waals surface area contributed by atoms with Crippen LogP contribution in [0.1, 0.15) is 41.5 Å². The van der Waals surface area contributed by atoms with Gasteiger partial charge >= 0.3 is 6.18 Å². The molecule has 36 heavy (non-hydrogen) atoms. The smallest absolute Gasteiger partial charge is 0.416 e. The second-order valence-corrected chi connectivity index (χ2v) is 8.91. The average molecular weight is 495 g/mol. The van der Waals surface area contributed by atoms with E-state index in [0.717, 1.165) is 23.4 Å². The van der Waals surface area contributed by atoms with Crippen molar-refractivity contribution in [3.8, 4) is 11.5 Å². The van der Waals surface area contributed by atoms with Crippen molar-refractivity contribution in [2.75, 3.05) is 24.9 Å². The highest BCUT2D eigenvalue weighted by Gasteiger charge is 2.37. The summed E-state index contributed by atoms with van der Waals surface area (Å²) in [6.45, 7) is 0. The van der Waals surface area contributed by atoms with Crippen molar-refractivity contribution in [3.63, 3.8) is 0 Å². The molecule has 8 heteroatoms. The standard InChI is InChI=1S/C28H25F3N2O3/c1-35-24-11-10-16(15-25(24)36-2)18-13-22-26(23(34)14-18)27(33-21-9-4-3-8-20(21)32-22)17-6-5-7-19(12-17)28(29,30)31/h3-12,15,18,27,32-33H,13-14H2,1-2H3/t18-,27+/m1/s1. The van der Waals surface area contributed by atoms with Crippen LogP contribution in [-0.2, 0) is 11.0 Å². The van der Waals surface area contributed by atoms with Gasteiger partial charge in [0.15, 0.2) is 17.3 Å². The van der Waals surface area contributed by atoms with Gasteiger partial charge in [-0.25, -0.2) is 0 Å². The monoisotopic (exact) mass is 494 g/mol. The highest BCUT2D eigenvalue weighted by Crippen LogP contribution is 2.45. The lowest BCUT2D eigenvalue weighted by atomic mass is 9.78. The first kappa shape index (κ1) is 23.8. The van der Waals surface area contributed by atoms with E-state index < -0.39 is 17.8 Å². The normalized spacial score (nSPS) is 19.4. The quantitative estimate of drug-likeness (QED) is 0.423. The Balaban J connectivity index is 1.59. The van der Waals surface area contributed by atoms with Crippen molar-refractivity contribution >= 4 is 17.2 Å². The maximum Gasteiger partial charge on any atom is 0.416 e. The van der Waals surface area contributed by atoms with E-state index >= 15 is 0 Å². The highest BCUT2D eigenvalue weighted by molar-refractivity contribution is 6.01. The molecular weight excluding hydrogens is 469 g/mol. The number of nitrogens with one attached hydrogen (secondary N) is 2. The van der Waals surface area contributed by atoms with Gasteiger partial charge in [0.05, 0.1) is 37.2 Å². The number of methoxy groups -OCH3 is 2. The van der Waals surface area contributed by atoms with E-state index in [1.807, 2.05) is 42.5 Å². The summed E-state index contributed by atoms with van der Waals surface area (Å²) in [7, 11) is 3.12. The van der Waals surface area contributed by atoms with Crippen LogP contribution in [0.2, 0.25) is 0 Å². The summed E-state index contributed by atoms with van der Waals surface area (Å²) in [5, 5.41) is 6.73. The van der Waals surface area contributed by atoms with Crippen LogP contribution >= 0.6 is 0 Å². The van der Waals surface area contributed by atoms with E-state index in [-0.39, 0.29) is 18.1 Å². The van der Waals surface area contributed by atoms with Gasteiger partial charge in [-0.05, 0) is 59.9 Å². The average Bonchev–Trinajstić information content (AvgIpc) is 3.04. The molecule has 0 bridgehead atoms. The molecule has 0 unspecified atom stereocenters. The number of allylic oxidation sites excluding steroid dienone is 1. The van der Waals surface area contributed by atoms with Crippen LogP contribution in [0, 0.1) is 0 Å². The van der Waals surface area contributed by atoms with Gasteiger partial charge in [0.25, 0.3) is 0 Å². The molecule has 0 saturated carbocycles. The van der Waals surface area contributed by atoms with Crippen LogP contribution in [0.25, 0.3) is 0 Å². The maximum atomic E-state index is 13.6. The number of anilines is 2.